The maximum Gasteiger partial charge on any atom is 0.326 e. The zero-order valence-electron chi connectivity index (χ0n) is 10.00. The van der Waals surface area contributed by atoms with E-state index in [0.717, 1.165) is 18.3 Å². The predicted molar refractivity (Wildman–Crippen MR) is 60.8 cm³/mol. The average molecular weight is 226 g/mol. The summed E-state index contributed by atoms with van der Waals surface area (Å²) in [7, 11) is 0. The van der Waals surface area contributed by atoms with Crippen molar-refractivity contribution in [2.75, 3.05) is 0 Å². The summed E-state index contributed by atoms with van der Waals surface area (Å²) < 4.78 is 0. The second kappa shape index (κ2) is 4.72. The van der Waals surface area contributed by atoms with Crippen LogP contribution < -0.4 is 11.4 Å². The van der Waals surface area contributed by atoms with Gasteiger partial charge in [-0.3, -0.25) is 4.79 Å². The zero-order chi connectivity index (χ0) is 11.6. The lowest BCUT2D eigenvalue weighted by atomic mass is 9.69. The van der Waals surface area contributed by atoms with Gasteiger partial charge in [0.1, 0.15) is 0 Å². The molecule has 2 fully saturated rings. The van der Waals surface area contributed by atoms with Gasteiger partial charge in [0.15, 0.2) is 0 Å². The zero-order valence-corrected chi connectivity index (χ0v) is 10.00. The highest BCUT2D eigenvalue weighted by Gasteiger charge is 2.44. The van der Waals surface area contributed by atoms with Gasteiger partial charge in [0.05, 0.1) is 0 Å². The maximum absolute atomic E-state index is 11.3. The largest absolute Gasteiger partial charge is 0.356 e. The lowest BCUT2D eigenvalue weighted by Gasteiger charge is -2.36. The number of carbonyl (C=O) groups is 1. The minimum atomic E-state index is -0.237. The molecule has 0 aromatic heterocycles. The maximum atomic E-state index is 11.3. The summed E-state index contributed by atoms with van der Waals surface area (Å²) in [5.74, 6) is 6.44. The summed E-state index contributed by atoms with van der Waals surface area (Å²) in [6.07, 6.45) is 8.10. The van der Waals surface area contributed by atoms with E-state index >= 15 is 0 Å². The fourth-order valence-corrected chi connectivity index (χ4v) is 3.92. The first-order valence-corrected chi connectivity index (χ1v) is 6.29. The normalized spacial score (nSPS) is 37.4. The second-order valence-electron chi connectivity index (χ2n) is 5.75. The van der Waals surface area contributed by atoms with Gasteiger partial charge in [-0.1, -0.05) is 12.5 Å². The Bertz CT molecular complexity index is 270. The molecule has 2 aliphatic carbocycles. The summed E-state index contributed by atoms with van der Waals surface area (Å²) in [5, 5.41) is 0. The van der Waals surface area contributed by atoms with Crippen molar-refractivity contribution in [2.24, 2.45) is 23.1 Å². The minimum absolute atomic E-state index is 0.237. The molecule has 0 aliphatic heterocycles. The Morgan fingerprint density at radius 2 is 2.38 bits per heavy atom. The van der Waals surface area contributed by atoms with Crippen LogP contribution in [0.25, 0.3) is 0 Å². The van der Waals surface area contributed by atoms with Crippen LogP contribution in [0.1, 0.15) is 51.9 Å². The Morgan fingerprint density at radius 1 is 1.56 bits per heavy atom. The van der Waals surface area contributed by atoms with Crippen LogP contribution in [0.4, 0.5) is 0 Å². The highest BCUT2D eigenvalue weighted by Crippen LogP contribution is 2.55. The van der Waals surface area contributed by atoms with Crippen molar-refractivity contribution in [1.82, 2.24) is 5.59 Å². The van der Waals surface area contributed by atoms with Crippen molar-refractivity contribution < 1.29 is 9.63 Å². The number of carbonyl (C=O) groups excluding carboxylic acids is 1. The minimum Gasteiger partial charge on any atom is -0.356 e. The quantitative estimate of drug-likeness (QED) is 0.567. The molecule has 2 aliphatic rings. The predicted octanol–water partition coefficient (Wildman–Crippen LogP) is 1.90. The molecule has 0 heterocycles. The van der Waals surface area contributed by atoms with Gasteiger partial charge >= 0.3 is 5.97 Å². The lowest BCUT2D eigenvalue weighted by molar-refractivity contribution is -0.152. The van der Waals surface area contributed by atoms with Crippen molar-refractivity contribution in [3.05, 3.63) is 0 Å². The monoisotopic (exact) mass is 226 g/mol. The molecule has 2 saturated carbocycles. The lowest BCUT2D eigenvalue weighted by Crippen LogP contribution is -2.29. The van der Waals surface area contributed by atoms with Crippen molar-refractivity contribution in [1.29, 1.82) is 0 Å². The van der Waals surface area contributed by atoms with Gasteiger partial charge in [0.2, 0.25) is 0 Å². The summed E-state index contributed by atoms with van der Waals surface area (Å²) in [6, 6.07) is 0. The van der Waals surface area contributed by atoms with E-state index in [1.807, 2.05) is 5.59 Å². The van der Waals surface area contributed by atoms with E-state index in [-0.39, 0.29) is 5.97 Å². The molecule has 92 valence electrons. The van der Waals surface area contributed by atoms with E-state index < -0.39 is 0 Å². The molecule has 0 spiro atoms. The summed E-state index contributed by atoms with van der Waals surface area (Å²) in [6.45, 7) is 2.34. The van der Waals surface area contributed by atoms with Crippen molar-refractivity contribution >= 4 is 5.97 Å². The molecule has 3 atom stereocenters. The number of hydrogen-bond donors (Lipinski definition) is 2. The van der Waals surface area contributed by atoms with Gasteiger partial charge in [-0.2, -0.15) is 0 Å². The fraction of sp³-hybridized carbons (Fsp3) is 0.917. The third-order valence-corrected chi connectivity index (χ3v) is 4.35. The van der Waals surface area contributed by atoms with Crippen LogP contribution in [0.2, 0.25) is 0 Å². The summed E-state index contributed by atoms with van der Waals surface area (Å²) in [5.41, 5.74) is 2.38. The van der Waals surface area contributed by atoms with E-state index in [1.165, 1.54) is 32.1 Å². The van der Waals surface area contributed by atoms with E-state index in [0.29, 0.717) is 11.8 Å². The summed E-state index contributed by atoms with van der Waals surface area (Å²) in [4.78, 5) is 15.8. The molecular formula is C12H22N2O2. The van der Waals surface area contributed by atoms with Crippen LogP contribution in [-0.2, 0) is 9.63 Å². The van der Waals surface area contributed by atoms with Crippen LogP contribution in [-0.4, -0.2) is 5.97 Å². The van der Waals surface area contributed by atoms with Gasteiger partial charge in [0.25, 0.3) is 0 Å². The van der Waals surface area contributed by atoms with Gasteiger partial charge in [0, 0.05) is 6.42 Å². The third kappa shape index (κ3) is 2.55. The third-order valence-electron chi connectivity index (χ3n) is 4.35. The average Bonchev–Trinajstić information content (AvgIpc) is 2.53. The smallest absolute Gasteiger partial charge is 0.326 e. The first-order valence-electron chi connectivity index (χ1n) is 6.29. The van der Waals surface area contributed by atoms with Crippen LogP contribution in [0.3, 0.4) is 0 Å². The van der Waals surface area contributed by atoms with Crippen molar-refractivity contribution in [3.8, 4) is 0 Å². The Hall–Kier alpha value is -0.610. The van der Waals surface area contributed by atoms with Gasteiger partial charge < -0.3 is 4.84 Å². The molecule has 0 amide bonds. The second-order valence-corrected chi connectivity index (χ2v) is 5.75. The number of fused-ring (bicyclic) bond motifs is 2. The van der Waals surface area contributed by atoms with Gasteiger partial charge in [-0.05, 0) is 55.8 Å². The van der Waals surface area contributed by atoms with Crippen LogP contribution >= 0.6 is 0 Å². The molecule has 0 aromatic carbocycles. The Morgan fingerprint density at radius 3 is 3.12 bits per heavy atom. The Balaban J connectivity index is 1.86. The molecule has 4 heteroatoms. The molecule has 3 unspecified atom stereocenters. The SMILES string of the molecule is CC1CC2CCC(CCC(=O)ONN)(C1)C2. The summed E-state index contributed by atoms with van der Waals surface area (Å²) >= 11 is 0. The van der Waals surface area contributed by atoms with Crippen molar-refractivity contribution in [3.63, 3.8) is 0 Å². The molecule has 0 aromatic rings. The van der Waals surface area contributed by atoms with E-state index in [1.54, 1.807) is 0 Å². The molecule has 0 radical (unpaired) electrons. The van der Waals surface area contributed by atoms with Gasteiger partial charge in [-0.15, -0.1) is 0 Å². The van der Waals surface area contributed by atoms with E-state index in [2.05, 4.69) is 11.8 Å². The van der Waals surface area contributed by atoms with Crippen molar-refractivity contribution in [2.45, 2.75) is 51.9 Å². The first kappa shape index (κ1) is 11.9. The molecular weight excluding hydrogens is 204 g/mol. The van der Waals surface area contributed by atoms with Gasteiger partial charge in [-0.25, -0.2) is 5.84 Å². The molecule has 2 bridgehead atoms. The molecule has 2 rings (SSSR count). The number of nitrogens with one attached hydrogen (secondary N) is 1. The molecule has 4 nitrogen and oxygen atoms in total. The van der Waals surface area contributed by atoms with Crippen LogP contribution in [0.15, 0.2) is 0 Å². The Kier molecular flexibility index (Phi) is 3.50. The molecule has 16 heavy (non-hydrogen) atoms. The Labute approximate surface area is 96.8 Å². The topological polar surface area (TPSA) is 64.3 Å². The number of nitrogens with two attached hydrogens (primary N) is 1. The van der Waals surface area contributed by atoms with Crippen LogP contribution in [0, 0.1) is 17.3 Å². The first-order chi connectivity index (χ1) is 7.63. The highest BCUT2D eigenvalue weighted by molar-refractivity contribution is 5.69. The van der Waals surface area contributed by atoms with Crippen LogP contribution in [0.5, 0.6) is 0 Å². The molecule has 3 N–H and O–H groups in total. The standard InChI is InChI=1S/C12H22N2O2/c1-9-6-10-2-4-12(7-9,8-10)5-3-11(15)16-14-13/h9-10,14H,2-8,13H2,1H3. The fourth-order valence-electron chi connectivity index (χ4n) is 3.92. The van der Waals surface area contributed by atoms with E-state index in [9.17, 15) is 4.79 Å². The number of rotatable bonds is 4. The highest BCUT2D eigenvalue weighted by atomic mass is 16.7. The van der Waals surface area contributed by atoms with E-state index in [4.69, 9.17) is 5.84 Å². The molecule has 0 saturated heterocycles. The number of hydrazine groups is 1. The number of hydrogen-bond acceptors (Lipinski definition) is 4.